The zero-order valence-corrected chi connectivity index (χ0v) is 14.8. The highest BCUT2D eigenvalue weighted by molar-refractivity contribution is 5.93. The summed E-state index contributed by atoms with van der Waals surface area (Å²) in [7, 11) is 0. The number of pyridine rings is 1. The third kappa shape index (κ3) is 3.76. The second kappa shape index (κ2) is 7.49. The lowest BCUT2D eigenvalue weighted by Crippen LogP contribution is -2.26. The Balaban J connectivity index is 1.47. The van der Waals surface area contributed by atoms with Crippen LogP contribution < -0.4 is 14.8 Å². The van der Waals surface area contributed by atoms with Crippen molar-refractivity contribution < 1.29 is 18.8 Å². The number of amides is 1. The van der Waals surface area contributed by atoms with E-state index in [9.17, 15) is 4.79 Å². The first-order valence-corrected chi connectivity index (χ1v) is 8.78. The van der Waals surface area contributed by atoms with Gasteiger partial charge in [0, 0.05) is 30.4 Å². The Bertz CT molecular complexity index is 939. The molecule has 1 amide bonds. The van der Waals surface area contributed by atoms with Gasteiger partial charge in [-0.25, -0.2) is 0 Å². The van der Waals surface area contributed by atoms with Crippen molar-refractivity contribution in [3.05, 3.63) is 60.0 Å². The molecular formula is C20H19N3O4. The second-order valence-corrected chi connectivity index (χ2v) is 6.27. The van der Waals surface area contributed by atoms with E-state index < -0.39 is 0 Å². The first-order valence-electron chi connectivity index (χ1n) is 8.78. The van der Waals surface area contributed by atoms with E-state index in [4.69, 9.17) is 14.0 Å². The van der Waals surface area contributed by atoms with Gasteiger partial charge in [0.1, 0.15) is 0 Å². The third-order valence-electron chi connectivity index (χ3n) is 4.31. The lowest BCUT2D eigenvalue weighted by atomic mass is 10.1. The molecule has 7 heteroatoms. The number of nitrogens with one attached hydrogen (secondary N) is 1. The van der Waals surface area contributed by atoms with Crippen molar-refractivity contribution in [1.82, 2.24) is 15.5 Å². The smallest absolute Gasteiger partial charge is 0.273 e. The predicted molar refractivity (Wildman–Crippen MR) is 97.7 cm³/mol. The van der Waals surface area contributed by atoms with Crippen LogP contribution in [0.4, 0.5) is 0 Å². The molecule has 0 spiro atoms. The van der Waals surface area contributed by atoms with Gasteiger partial charge >= 0.3 is 0 Å². The van der Waals surface area contributed by atoms with Crippen molar-refractivity contribution in [2.75, 3.05) is 13.2 Å². The summed E-state index contributed by atoms with van der Waals surface area (Å²) in [4.78, 5) is 16.5. The summed E-state index contributed by atoms with van der Waals surface area (Å²) >= 11 is 0. The van der Waals surface area contributed by atoms with Crippen LogP contribution in [0.3, 0.4) is 0 Å². The maximum atomic E-state index is 12.5. The topological polar surface area (TPSA) is 86.5 Å². The van der Waals surface area contributed by atoms with E-state index in [0.717, 1.165) is 23.3 Å². The number of rotatable bonds is 4. The summed E-state index contributed by atoms with van der Waals surface area (Å²) in [5.74, 6) is 1.61. The fourth-order valence-electron chi connectivity index (χ4n) is 2.83. The minimum Gasteiger partial charge on any atom is -0.490 e. The molecule has 2 aromatic heterocycles. The van der Waals surface area contributed by atoms with E-state index in [0.29, 0.717) is 24.7 Å². The fourth-order valence-corrected chi connectivity index (χ4v) is 2.83. The summed E-state index contributed by atoms with van der Waals surface area (Å²) in [6.07, 6.45) is 4.18. The molecule has 0 aliphatic carbocycles. The largest absolute Gasteiger partial charge is 0.490 e. The first kappa shape index (κ1) is 17.1. The Kier molecular flexibility index (Phi) is 4.74. The van der Waals surface area contributed by atoms with Gasteiger partial charge in [-0.3, -0.25) is 9.78 Å². The van der Waals surface area contributed by atoms with Crippen LogP contribution in [0.5, 0.6) is 11.5 Å². The highest BCUT2D eigenvalue weighted by atomic mass is 16.5. The SMILES string of the molecule is C[C@H](NC(=O)c1cc(-c2cccnc2)on1)c1ccc2c(c1)OCCCO2. The molecular weight excluding hydrogens is 346 g/mol. The van der Waals surface area contributed by atoms with Crippen molar-refractivity contribution in [1.29, 1.82) is 0 Å². The van der Waals surface area contributed by atoms with Crippen LogP contribution in [0.25, 0.3) is 11.3 Å². The molecule has 1 N–H and O–H groups in total. The van der Waals surface area contributed by atoms with Crippen LogP contribution in [0.2, 0.25) is 0 Å². The van der Waals surface area contributed by atoms with Crippen molar-refractivity contribution in [3.8, 4) is 22.8 Å². The predicted octanol–water partition coefficient (Wildman–Crippen LogP) is 3.39. The molecule has 0 radical (unpaired) electrons. The molecule has 27 heavy (non-hydrogen) atoms. The van der Waals surface area contributed by atoms with Gasteiger partial charge in [0.05, 0.1) is 19.3 Å². The molecule has 1 aliphatic heterocycles. The first-order chi connectivity index (χ1) is 13.2. The number of fused-ring (bicyclic) bond motifs is 1. The van der Waals surface area contributed by atoms with Crippen LogP contribution in [-0.4, -0.2) is 29.3 Å². The molecule has 7 nitrogen and oxygen atoms in total. The van der Waals surface area contributed by atoms with Crippen LogP contribution in [0.1, 0.15) is 35.4 Å². The van der Waals surface area contributed by atoms with Crippen LogP contribution in [0.15, 0.2) is 53.3 Å². The van der Waals surface area contributed by atoms with Gasteiger partial charge in [-0.2, -0.15) is 0 Å². The molecule has 0 saturated heterocycles. The Hall–Kier alpha value is -3.35. The quantitative estimate of drug-likeness (QED) is 0.763. The van der Waals surface area contributed by atoms with E-state index in [-0.39, 0.29) is 17.6 Å². The lowest BCUT2D eigenvalue weighted by molar-refractivity contribution is 0.0930. The Morgan fingerprint density at radius 2 is 2.00 bits per heavy atom. The van der Waals surface area contributed by atoms with Crippen LogP contribution >= 0.6 is 0 Å². The third-order valence-corrected chi connectivity index (χ3v) is 4.31. The Morgan fingerprint density at radius 1 is 1.15 bits per heavy atom. The minimum atomic E-state index is -0.312. The molecule has 138 valence electrons. The van der Waals surface area contributed by atoms with Gasteiger partial charge < -0.3 is 19.3 Å². The molecule has 3 aromatic rings. The highest BCUT2D eigenvalue weighted by Crippen LogP contribution is 2.32. The number of nitrogens with zero attached hydrogens (tertiary/aromatic N) is 2. The zero-order chi connectivity index (χ0) is 18.6. The van der Waals surface area contributed by atoms with E-state index in [1.807, 2.05) is 31.2 Å². The number of benzene rings is 1. The van der Waals surface area contributed by atoms with Gasteiger partial charge in [0.2, 0.25) is 0 Å². The summed E-state index contributed by atoms with van der Waals surface area (Å²) in [5, 5.41) is 6.79. The number of ether oxygens (including phenoxy) is 2. The molecule has 0 bridgehead atoms. The monoisotopic (exact) mass is 365 g/mol. The van der Waals surface area contributed by atoms with Crippen molar-refractivity contribution in [2.24, 2.45) is 0 Å². The van der Waals surface area contributed by atoms with Crippen molar-refractivity contribution >= 4 is 5.91 Å². The lowest BCUT2D eigenvalue weighted by Gasteiger charge is -2.15. The molecule has 0 unspecified atom stereocenters. The van der Waals surface area contributed by atoms with Gasteiger partial charge in [-0.1, -0.05) is 11.2 Å². The molecule has 1 aliphatic rings. The summed E-state index contributed by atoms with van der Waals surface area (Å²) in [6.45, 7) is 3.16. The fraction of sp³-hybridized carbons (Fsp3) is 0.250. The average molecular weight is 365 g/mol. The van der Waals surface area contributed by atoms with E-state index in [1.54, 1.807) is 24.5 Å². The number of aromatic nitrogens is 2. The van der Waals surface area contributed by atoms with E-state index >= 15 is 0 Å². The van der Waals surface area contributed by atoms with E-state index in [2.05, 4.69) is 15.5 Å². The molecule has 1 aromatic carbocycles. The number of carbonyl (C=O) groups is 1. The van der Waals surface area contributed by atoms with Gasteiger partial charge in [0.15, 0.2) is 23.0 Å². The Morgan fingerprint density at radius 3 is 2.81 bits per heavy atom. The normalized spacial score (nSPS) is 14.3. The minimum absolute atomic E-state index is 0.218. The van der Waals surface area contributed by atoms with Gasteiger partial charge in [-0.15, -0.1) is 0 Å². The van der Waals surface area contributed by atoms with Gasteiger partial charge in [0.25, 0.3) is 5.91 Å². The number of carbonyl (C=O) groups excluding carboxylic acids is 1. The van der Waals surface area contributed by atoms with Crippen LogP contribution in [0, 0.1) is 0 Å². The van der Waals surface area contributed by atoms with Gasteiger partial charge in [-0.05, 0) is 36.8 Å². The van der Waals surface area contributed by atoms with Crippen LogP contribution in [-0.2, 0) is 0 Å². The Labute approximate surface area is 156 Å². The number of hydrogen-bond donors (Lipinski definition) is 1. The maximum Gasteiger partial charge on any atom is 0.273 e. The molecule has 1 atom stereocenters. The highest BCUT2D eigenvalue weighted by Gasteiger charge is 2.18. The summed E-state index contributed by atoms with van der Waals surface area (Å²) in [5.41, 5.74) is 1.90. The molecule has 0 fully saturated rings. The standard InChI is InChI=1S/C20H19N3O4/c1-13(14-5-6-17-19(10-14)26-9-3-8-25-17)22-20(24)16-11-18(27-23-16)15-4-2-7-21-12-15/h2,4-7,10-13H,3,8-9H2,1H3,(H,22,24)/t13-/m0/s1. The second-order valence-electron chi connectivity index (χ2n) is 6.27. The van der Waals surface area contributed by atoms with Crippen molar-refractivity contribution in [2.45, 2.75) is 19.4 Å². The molecule has 0 saturated carbocycles. The zero-order valence-electron chi connectivity index (χ0n) is 14.8. The van der Waals surface area contributed by atoms with Crippen molar-refractivity contribution in [3.63, 3.8) is 0 Å². The maximum absolute atomic E-state index is 12.5. The summed E-state index contributed by atoms with van der Waals surface area (Å²) in [6, 6.07) is 10.7. The number of hydrogen-bond acceptors (Lipinski definition) is 6. The average Bonchev–Trinajstić information content (AvgIpc) is 3.08. The summed E-state index contributed by atoms with van der Waals surface area (Å²) < 4.78 is 16.6. The molecule has 4 rings (SSSR count). The van der Waals surface area contributed by atoms with E-state index in [1.165, 1.54) is 0 Å². The molecule has 3 heterocycles.